The Morgan fingerprint density at radius 1 is 1.32 bits per heavy atom. The Kier molecular flexibility index (Phi) is 3.92. The summed E-state index contributed by atoms with van der Waals surface area (Å²) in [5, 5.41) is 3.50. The van der Waals surface area contributed by atoms with E-state index in [-0.39, 0.29) is 0 Å². The van der Waals surface area contributed by atoms with Crippen LogP contribution in [0, 0.1) is 0 Å². The Labute approximate surface area is 120 Å². The molecule has 0 spiro atoms. The maximum atomic E-state index is 6.16. The van der Waals surface area contributed by atoms with Crippen molar-refractivity contribution < 1.29 is 4.74 Å². The van der Waals surface area contributed by atoms with Crippen LogP contribution in [-0.2, 0) is 6.42 Å². The number of hydrogen-bond donors (Lipinski definition) is 1. The van der Waals surface area contributed by atoms with Gasteiger partial charge in [0, 0.05) is 11.3 Å². The number of para-hydroxylation sites is 1. The molecule has 2 aliphatic rings. The molecule has 0 bridgehead atoms. The first kappa shape index (κ1) is 13.2. The van der Waals surface area contributed by atoms with Crippen molar-refractivity contribution in [1.82, 2.24) is 0 Å². The Morgan fingerprint density at radius 3 is 3.11 bits per heavy atom. The van der Waals surface area contributed by atoms with Crippen LogP contribution < -0.4 is 10.1 Å². The smallest absolute Gasteiger partial charge is 0.142 e. The Hall–Kier alpha value is -0.830. The van der Waals surface area contributed by atoms with Crippen LogP contribution in [0.3, 0.4) is 0 Å². The Balaban J connectivity index is 1.69. The lowest BCUT2D eigenvalue weighted by Crippen LogP contribution is -2.32. The van der Waals surface area contributed by atoms with Crippen molar-refractivity contribution in [3.63, 3.8) is 0 Å². The average molecular weight is 277 g/mol. The second kappa shape index (κ2) is 5.66. The molecule has 0 aromatic heterocycles. The average Bonchev–Trinajstić information content (AvgIpc) is 2.46. The molecule has 2 aliphatic heterocycles. The van der Waals surface area contributed by atoms with Crippen molar-refractivity contribution in [3.05, 3.63) is 23.8 Å². The van der Waals surface area contributed by atoms with Crippen LogP contribution >= 0.6 is 11.8 Å². The van der Waals surface area contributed by atoms with Gasteiger partial charge in [-0.1, -0.05) is 18.6 Å². The van der Waals surface area contributed by atoms with E-state index in [4.69, 9.17) is 4.74 Å². The van der Waals surface area contributed by atoms with Crippen LogP contribution in [0.15, 0.2) is 18.2 Å². The van der Waals surface area contributed by atoms with Gasteiger partial charge in [0.2, 0.25) is 0 Å². The van der Waals surface area contributed by atoms with Crippen molar-refractivity contribution in [2.45, 2.75) is 43.8 Å². The Morgan fingerprint density at radius 2 is 2.26 bits per heavy atom. The molecule has 3 rings (SSSR count). The SMILES string of the molecule is CC1(COc2cccc3c2NCCC3)CCCCS1. The maximum Gasteiger partial charge on any atom is 0.142 e. The first-order valence-corrected chi connectivity index (χ1v) is 8.38. The van der Waals surface area contributed by atoms with Crippen molar-refractivity contribution in [1.29, 1.82) is 0 Å². The van der Waals surface area contributed by atoms with E-state index >= 15 is 0 Å². The summed E-state index contributed by atoms with van der Waals surface area (Å²) in [6, 6.07) is 6.44. The molecule has 0 amide bonds. The molecule has 1 aromatic carbocycles. The highest BCUT2D eigenvalue weighted by Gasteiger charge is 2.29. The third-order valence-corrected chi connectivity index (χ3v) is 5.63. The number of anilines is 1. The molecule has 0 radical (unpaired) electrons. The van der Waals surface area contributed by atoms with Gasteiger partial charge in [-0.3, -0.25) is 0 Å². The van der Waals surface area contributed by atoms with E-state index < -0.39 is 0 Å². The van der Waals surface area contributed by atoms with Crippen LogP contribution in [0.2, 0.25) is 0 Å². The van der Waals surface area contributed by atoms with E-state index in [9.17, 15) is 0 Å². The third kappa shape index (κ3) is 3.02. The van der Waals surface area contributed by atoms with Crippen molar-refractivity contribution in [2.75, 3.05) is 24.2 Å². The summed E-state index contributed by atoms with van der Waals surface area (Å²) in [7, 11) is 0. The summed E-state index contributed by atoms with van der Waals surface area (Å²) in [5.74, 6) is 2.33. The molecular weight excluding hydrogens is 254 g/mol. The van der Waals surface area contributed by atoms with Gasteiger partial charge in [0.25, 0.3) is 0 Å². The van der Waals surface area contributed by atoms with E-state index in [0.29, 0.717) is 4.75 Å². The van der Waals surface area contributed by atoms with Crippen molar-refractivity contribution in [2.24, 2.45) is 0 Å². The molecule has 2 nitrogen and oxygen atoms in total. The summed E-state index contributed by atoms with van der Waals surface area (Å²) >= 11 is 2.08. The third-order valence-electron chi connectivity index (χ3n) is 4.12. The first-order valence-electron chi connectivity index (χ1n) is 7.39. The van der Waals surface area contributed by atoms with Gasteiger partial charge in [-0.15, -0.1) is 0 Å². The van der Waals surface area contributed by atoms with Crippen LogP contribution in [-0.4, -0.2) is 23.7 Å². The van der Waals surface area contributed by atoms with Crippen LogP contribution in [0.25, 0.3) is 0 Å². The molecule has 2 heterocycles. The maximum absolute atomic E-state index is 6.16. The number of ether oxygens (including phenoxy) is 1. The largest absolute Gasteiger partial charge is 0.490 e. The van der Waals surface area contributed by atoms with Crippen molar-refractivity contribution >= 4 is 17.4 Å². The van der Waals surface area contributed by atoms with E-state index in [1.54, 1.807) is 0 Å². The molecule has 0 saturated carbocycles. The van der Waals surface area contributed by atoms with Crippen LogP contribution in [0.4, 0.5) is 5.69 Å². The zero-order valence-electron chi connectivity index (χ0n) is 11.7. The molecule has 104 valence electrons. The van der Waals surface area contributed by atoms with E-state index in [1.807, 2.05) is 0 Å². The van der Waals surface area contributed by atoms with Gasteiger partial charge in [0.05, 0.1) is 5.69 Å². The van der Waals surface area contributed by atoms with Gasteiger partial charge in [0.15, 0.2) is 0 Å². The lowest BCUT2D eigenvalue weighted by molar-refractivity contribution is 0.267. The number of hydrogen-bond acceptors (Lipinski definition) is 3. The number of rotatable bonds is 3. The van der Waals surface area contributed by atoms with Gasteiger partial charge < -0.3 is 10.1 Å². The molecule has 1 fully saturated rings. The fourth-order valence-corrected chi connectivity index (χ4v) is 4.21. The zero-order valence-corrected chi connectivity index (χ0v) is 12.5. The minimum Gasteiger partial charge on any atom is -0.490 e. The molecule has 1 saturated heterocycles. The fraction of sp³-hybridized carbons (Fsp3) is 0.625. The Bertz CT molecular complexity index is 440. The number of thioether (sulfide) groups is 1. The molecule has 1 aromatic rings. The van der Waals surface area contributed by atoms with Gasteiger partial charge in [0.1, 0.15) is 12.4 Å². The van der Waals surface area contributed by atoms with Gasteiger partial charge in [-0.2, -0.15) is 11.8 Å². The molecule has 1 unspecified atom stereocenters. The lowest BCUT2D eigenvalue weighted by atomic mass is 10.0. The summed E-state index contributed by atoms with van der Waals surface area (Å²) in [6.07, 6.45) is 6.39. The molecule has 3 heteroatoms. The number of nitrogens with one attached hydrogen (secondary N) is 1. The van der Waals surface area contributed by atoms with Gasteiger partial charge in [-0.05, 0) is 50.0 Å². The minimum absolute atomic E-state index is 0.301. The molecule has 19 heavy (non-hydrogen) atoms. The van der Waals surface area contributed by atoms with Crippen LogP contribution in [0.1, 0.15) is 38.2 Å². The molecule has 1 atom stereocenters. The van der Waals surface area contributed by atoms with Gasteiger partial charge in [-0.25, -0.2) is 0 Å². The summed E-state index contributed by atoms with van der Waals surface area (Å²) in [4.78, 5) is 0. The predicted octanol–water partition coefficient (Wildman–Crippen LogP) is 4.10. The summed E-state index contributed by atoms with van der Waals surface area (Å²) in [6.45, 7) is 4.24. The quantitative estimate of drug-likeness (QED) is 0.899. The summed E-state index contributed by atoms with van der Waals surface area (Å²) < 4.78 is 6.46. The molecule has 1 N–H and O–H groups in total. The van der Waals surface area contributed by atoms with Gasteiger partial charge >= 0.3 is 0 Å². The van der Waals surface area contributed by atoms with Crippen LogP contribution in [0.5, 0.6) is 5.75 Å². The predicted molar refractivity (Wildman–Crippen MR) is 83.5 cm³/mol. The normalized spacial score (nSPS) is 26.4. The minimum atomic E-state index is 0.301. The standard InChI is InChI=1S/C16H23NOS/c1-16(9-2-3-11-19-16)12-18-14-8-4-6-13-7-5-10-17-15(13)14/h4,6,8,17H,2-3,5,7,9-12H2,1H3. The monoisotopic (exact) mass is 277 g/mol. The second-order valence-corrected chi connectivity index (χ2v) is 7.55. The highest BCUT2D eigenvalue weighted by molar-refractivity contribution is 8.00. The number of aryl methyl sites for hydroxylation is 1. The molecular formula is C16H23NOS. The second-order valence-electron chi connectivity index (χ2n) is 5.86. The molecule has 0 aliphatic carbocycles. The highest BCUT2D eigenvalue weighted by atomic mass is 32.2. The first-order chi connectivity index (χ1) is 9.27. The number of benzene rings is 1. The highest BCUT2D eigenvalue weighted by Crippen LogP contribution is 2.38. The number of fused-ring (bicyclic) bond motifs is 1. The zero-order chi connectivity index (χ0) is 13.1. The van der Waals surface area contributed by atoms with E-state index in [0.717, 1.165) is 18.9 Å². The van der Waals surface area contributed by atoms with E-state index in [1.165, 1.54) is 49.1 Å². The lowest BCUT2D eigenvalue weighted by Gasteiger charge is -2.33. The topological polar surface area (TPSA) is 21.3 Å². The fourth-order valence-electron chi connectivity index (χ4n) is 2.93. The van der Waals surface area contributed by atoms with E-state index in [2.05, 4.69) is 42.2 Å². The van der Waals surface area contributed by atoms with Crippen molar-refractivity contribution in [3.8, 4) is 5.75 Å². The summed E-state index contributed by atoms with van der Waals surface area (Å²) in [5.41, 5.74) is 2.64.